The van der Waals surface area contributed by atoms with Gasteiger partial charge in [-0.1, -0.05) is 24.3 Å². The molecule has 1 atom stereocenters. The van der Waals surface area contributed by atoms with Crippen LogP contribution in [0.5, 0.6) is 11.5 Å². The van der Waals surface area contributed by atoms with Gasteiger partial charge in [-0.2, -0.15) is 5.01 Å². The zero-order chi connectivity index (χ0) is 21.2. The largest absolute Gasteiger partial charge is 0.497 e. The molecule has 0 unspecified atom stereocenters. The van der Waals surface area contributed by atoms with Crippen molar-refractivity contribution in [3.05, 3.63) is 59.2 Å². The van der Waals surface area contributed by atoms with E-state index in [1.165, 1.54) is 7.11 Å². The molecule has 2 aromatic carbocycles. The van der Waals surface area contributed by atoms with E-state index in [1.807, 2.05) is 26.0 Å². The molecule has 1 aliphatic heterocycles. The standard InChI is InChI=1S/C21H23N3O5/c1-13-7-5-10-17(14(13)2)29-12-18(25)23-24-19(26)21(3,22-20(24)27)15-8-6-9-16(11-15)28-4/h5-11H,12H2,1-4H3,(H,22,27)(H,23,25)/t21-/m0/s1. The highest BCUT2D eigenvalue weighted by Gasteiger charge is 2.50. The van der Waals surface area contributed by atoms with E-state index in [0.29, 0.717) is 22.1 Å². The zero-order valence-electron chi connectivity index (χ0n) is 16.7. The number of aryl methyl sites for hydroxylation is 1. The van der Waals surface area contributed by atoms with Gasteiger partial charge in [-0.15, -0.1) is 0 Å². The Morgan fingerprint density at radius 1 is 1.17 bits per heavy atom. The molecule has 8 heteroatoms. The summed E-state index contributed by atoms with van der Waals surface area (Å²) in [7, 11) is 1.51. The lowest BCUT2D eigenvalue weighted by Crippen LogP contribution is -2.49. The van der Waals surface area contributed by atoms with E-state index in [2.05, 4.69) is 10.7 Å². The highest BCUT2D eigenvalue weighted by Crippen LogP contribution is 2.30. The molecule has 4 amide bonds. The summed E-state index contributed by atoms with van der Waals surface area (Å²) in [5.74, 6) is -0.103. The number of methoxy groups -OCH3 is 1. The lowest BCUT2D eigenvalue weighted by atomic mass is 9.92. The van der Waals surface area contributed by atoms with E-state index in [9.17, 15) is 14.4 Å². The van der Waals surface area contributed by atoms with Gasteiger partial charge in [0.25, 0.3) is 11.8 Å². The monoisotopic (exact) mass is 397 g/mol. The van der Waals surface area contributed by atoms with Crippen molar-refractivity contribution in [1.29, 1.82) is 0 Å². The van der Waals surface area contributed by atoms with Crippen LogP contribution in [0.4, 0.5) is 4.79 Å². The predicted octanol–water partition coefficient (Wildman–Crippen LogP) is 2.19. The molecule has 0 spiro atoms. The van der Waals surface area contributed by atoms with Crippen LogP contribution in [0.2, 0.25) is 0 Å². The smallest absolute Gasteiger partial charge is 0.344 e. The van der Waals surface area contributed by atoms with Gasteiger partial charge in [0.1, 0.15) is 17.0 Å². The lowest BCUT2D eigenvalue weighted by molar-refractivity contribution is -0.139. The van der Waals surface area contributed by atoms with Crippen molar-refractivity contribution in [2.75, 3.05) is 13.7 Å². The number of nitrogens with zero attached hydrogens (tertiary/aromatic N) is 1. The lowest BCUT2D eigenvalue weighted by Gasteiger charge is -2.22. The van der Waals surface area contributed by atoms with Crippen LogP contribution in [0.1, 0.15) is 23.6 Å². The Kier molecular flexibility index (Phi) is 5.45. The molecule has 152 valence electrons. The van der Waals surface area contributed by atoms with Crippen molar-refractivity contribution >= 4 is 17.8 Å². The summed E-state index contributed by atoms with van der Waals surface area (Å²) in [6.45, 7) is 5.06. The predicted molar refractivity (Wildman–Crippen MR) is 105 cm³/mol. The molecule has 0 aliphatic carbocycles. The first-order valence-corrected chi connectivity index (χ1v) is 9.06. The van der Waals surface area contributed by atoms with Crippen LogP contribution in [0, 0.1) is 13.8 Å². The van der Waals surface area contributed by atoms with Crippen molar-refractivity contribution in [1.82, 2.24) is 15.8 Å². The van der Waals surface area contributed by atoms with E-state index in [4.69, 9.17) is 9.47 Å². The number of urea groups is 1. The molecule has 3 rings (SSSR count). The van der Waals surface area contributed by atoms with E-state index in [1.54, 1.807) is 37.3 Å². The average molecular weight is 397 g/mol. The average Bonchev–Trinajstić information content (AvgIpc) is 2.93. The fraction of sp³-hybridized carbons (Fsp3) is 0.286. The van der Waals surface area contributed by atoms with Gasteiger partial charge in [0.15, 0.2) is 6.61 Å². The van der Waals surface area contributed by atoms with E-state index >= 15 is 0 Å². The number of hydrogen-bond donors (Lipinski definition) is 2. The Hall–Kier alpha value is -3.55. The van der Waals surface area contributed by atoms with Gasteiger partial charge in [0, 0.05) is 0 Å². The first kappa shape index (κ1) is 20.2. The minimum atomic E-state index is -1.33. The van der Waals surface area contributed by atoms with E-state index in [-0.39, 0.29) is 6.61 Å². The molecule has 8 nitrogen and oxygen atoms in total. The Balaban J connectivity index is 1.69. The summed E-state index contributed by atoms with van der Waals surface area (Å²) < 4.78 is 10.7. The molecule has 29 heavy (non-hydrogen) atoms. The van der Waals surface area contributed by atoms with Crippen molar-refractivity contribution in [2.45, 2.75) is 26.3 Å². The molecule has 0 aromatic heterocycles. The number of nitrogens with one attached hydrogen (secondary N) is 2. The Morgan fingerprint density at radius 2 is 1.90 bits per heavy atom. The second-order valence-electron chi connectivity index (χ2n) is 6.95. The molecule has 0 radical (unpaired) electrons. The second-order valence-corrected chi connectivity index (χ2v) is 6.95. The number of benzene rings is 2. The summed E-state index contributed by atoms with van der Waals surface area (Å²) >= 11 is 0. The Bertz CT molecular complexity index is 975. The van der Waals surface area contributed by atoms with Gasteiger partial charge >= 0.3 is 6.03 Å². The summed E-state index contributed by atoms with van der Waals surface area (Å²) in [6, 6.07) is 11.6. The number of amides is 4. The van der Waals surface area contributed by atoms with Crippen LogP contribution in [-0.4, -0.2) is 36.6 Å². The molecule has 1 fully saturated rings. The van der Waals surface area contributed by atoms with Crippen LogP contribution in [0.3, 0.4) is 0 Å². The number of carbonyl (C=O) groups excluding carboxylic acids is 3. The number of ether oxygens (including phenoxy) is 2. The van der Waals surface area contributed by atoms with Gasteiger partial charge in [0.05, 0.1) is 7.11 Å². The number of hydrazine groups is 1. The highest BCUT2D eigenvalue weighted by atomic mass is 16.5. The van der Waals surface area contributed by atoms with Crippen LogP contribution in [0.25, 0.3) is 0 Å². The Morgan fingerprint density at radius 3 is 2.62 bits per heavy atom. The molecular formula is C21H23N3O5. The third-order valence-electron chi connectivity index (χ3n) is 4.99. The maximum atomic E-state index is 12.9. The minimum absolute atomic E-state index is 0.336. The van der Waals surface area contributed by atoms with Crippen molar-refractivity contribution in [2.24, 2.45) is 0 Å². The van der Waals surface area contributed by atoms with E-state index < -0.39 is 23.4 Å². The van der Waals surface area contributed by atoms with E-state index in [0.717, 1.165) is 11.1 Å². The van der Waals surface area contributed by atoms with Gasteiger partial charge in [0.2, 0.25) is 0 Å². The number of rotatable bonds is 6. The van der Waals surface area contributed by atoms with Crippen LogP contribution >= 0.6 is 0 Å². The third-order valence-corrected chi connectivity index (χ3v) is 4.99. The highest BCUT2D eigenvalue weighted by molar-refractivity contribution is 6.08. The molecule has 1 heterocycles. The summed E-state index contributed by atoms with van der Waals surface area (Å²) in [5, 5.41) is 3.29. The molecule has 0 bridgehead atoms. The fourth-order valence-electron chi connectivity index (χ4n) is 3.05. The second kappa shape index (κ2) is 7.83. The molecule has 0 saturated carbocycles. The summed E-state index contributed by atoms with van der Waals surface area (Å²) in [6.07, 6.45) is 0. The van der Waals surface area contributed by atoms with Crippen molar-refractivity contribution in [3.63, 3.8) is 0 Å². The quantitative estimate of drug-likeness (QED) is 0.729. The maximum Gasteiger partial charge on any atom is 0.344 e. The zero-order valence-corrected chi connectivity index (χ0v) is 16.7. The number of carbonyl (C=O) groups is 3. The van der Waals surface area contributed by atoms with Crippen LogP contribution in [-0.2, 0) is 15.1 Å². The first-order chi connectivity index (χ1) is 13.8. The third kappa shape index (κ3) is 3.87. The molecular weight excluding hydrogens is 374 g/mol. The van der Waals surface area contributed by atoms with Gasteiger partial charge in [-0.25, -0.2) is 4.79 Å². The minimum Gasteiger partial charge on any atom is -0.497 e. The maximum absolute atomic E-state index is 12.9. The fourth-order valence-corrected chi connectivity index (χ4v) is 3.05. The van der Waals surface area contributed by atoms with Crippen LogP contribution < -0.4 is 20.2 Å². The van der Waals surface area contributed by atoms with Crippen molar-refractivity contribution < 1.29 is 23.9 Å². The number of hydrogen-bond acceptors (Lipinski definition) is 5. The summed E-state index contributed by atoms with van der Waals surface area (Å²) in [5.41, 5.74) is 3.48. The molecule has 2 N–H and O–H groups in total. The molecule has 2 aromatic rings. The normalized spacial score (nSPS) is 18.4. The van der Waals surface area contributed by atoms with Crippen molar-refractivity contribution in [3.8, 4) is 11.5 Å². The number of imide groups is 1. The van der Waals surface area contributed by atoms with Gasteiger partial charge in [-0.3, -0.25) is 15.0 Å². The summed E-state index contributed by atoms with van der Waals surface area (Å²) in [4.78, 5) is 37.5. The molecule has 1 saturated heterocycles. The van der Waals surface area contributed by atoms with Crippen LogP contribution in [0.15, 0.2) is 42.5 Å². The molecule has 1 aliphatic rings. The topological polar surface area (TPSA) is 97.0 Å². The first-order valence-electron chi connectivity index (χ1n) is 9.06. The van der Waals surface area contributed by atoms with Gasteiger partial charge in [-0.05, 0) is 55.7 Å². The Labute approximate surface area is 168 Å². The van der Waals surface area contributed by atoms with Gasteiger partial charge < -0.3 is 14.8 Å². The SMILES string of the molecule is COc1cccc([C@]2(C)NC(=O)N(NC(=O)COc3cccc(C)c3C)C2=O)c1.